The Kier molecular flexibility index (Phi) is 4.68. The number of halogens is 2. The number of hydrogen-bond acceptors (Lipinski definition) is 2. The minimum atomic E-state index is -0.241. The van der Waals surface area contributed by atoms with E-state index in [2.05, 4.69) is 9.80 Å². The van der Waals surface area contributed by atoms with Crippen molar-refractivity contribution < 1.29 is 9.18 Å². The molecule has 1 aromatic carbocycles. The zero-order valence-corrected chi connectivity index (χ0v) is 16.5. The molecule has 0 N–H and O–H groups in total. The fourth-order valence-corrected chi connectivity index (χ4v) is 6.80. The lowest BCUT2D eigenvalue weighted by Gasteiger charge is -2.54. The summed E-state index contributed by atoms with van der Waals surface area (Å²) in [7, 11) is 0. The van der Waals surface area contributed by atoms with Crippen molar-refractivity contribution in [3.05, 3.63) is 34.6 Å². The van der Waals surface area contributed by atoms with Crippen LogP contribution in [0.4, 0.5) is 4.39 Å². The summed E-state index contributed by atoms with van der Waals surface area (Å²) in [6.45, 7) is 3.63. The topological polar surface area (TPSA) is 23.6 Å². The minimum Gasteiger partial charge on any atom is -0.340 e. The molecule has 1 amide bonds. The number of benzene rings is 1. The van der Waals surface area contributed by atoms with Crippen LogP contribution in [0, 0.1) is 35.4 Å². The summed E-state index contributed by atoms with van der Waals surface area (Å²) in [6, 6.07) is 4.85. The SMILES string of the molecule is O=C(C1C2CC3CC(C2)CC1C3)N1CCN(Cc2c(F)cccc2Cl)CC1. The van der Waals surface area contributed by atoms with Gasteiger partial charge >= 0.3 is 0 Å². The fourth-order valence-electron chi connectivity index (χ4n) is 6.57. The first-order valence-electron chi connectivity index (χ1n) is 10.5. The van der Waals surface area contributed by atoms with Crippen molar-refractivity contribution in [1.82, 2.24) is 9.80 Å². The number of nitrogens with zero attached hydrogens (tertiary/aromatic N) is 2. The minimum absolute atomic E-state index is 0.241. The Morgan fingerprint density at radius 2 is 1.63 bits per heavy atom. The number of piperazine rings is 1. The molecule has 5 heteroatoms. The Labute approximate surface area is 165 Å². The molecule has 27 heavy (non-hydrogen) atoms. The highest BCUT2D eigenvalue weighted by Gasteiger charge is 2.51. The molecule has 146 valence electrons. The Morgan fingerprint density at radius 3 is 2.22 bits per heavy atom. The summed E-state index contributed by atoms with van der Waals surface area (Å²) in [4.78, 5) is 17.6. The number of rotatable bonds is 3. The van der Waals surface area contributed by atoms with Gasteiger partial charge in [0.15, 0.2) is 0 Å². The normalized spacial score (nSPS) is 35.6. The Bertz CT molecular complexity index is 683. The van der Waals surface area contributed by atoms with E-state index in [-0.39, 0.29) is 11.7 Å². The van der Waals surface area contributed by atoms with Crippen molar-refractivity contribution in [3.8, 4) is 0 Å². The molecule has 1 aliphatic heterocycles. The van der Waals surface area contributed by atoms with Gasteiger partial charge in [0.2, 0.25) is 5.91 Å². The van der Waals surface area contributed by atoms with Gasteiger partial charge in [0, 0.05) is 49.2 Å². The Balaban J connectivity index is 1.20. The quantitative estimate of drug-likeness (QED) is 0.772. The van der Waals surface area contributed by atoms with Crippen LogP contribution >= 0.6 is 11.6 Å². The fraction of sp³-hybridized carbons (Fsp3) is 0.682. The highest BCUT2D eigenvalue weighted by atomic mass is 35.5. The summed E-state index contributed by atoms with van der Waals surface area (Å²) in [6.07, 6.45) is 6.57. The van der Waals surface area contributed by atoms with Crippen LogP contribution in [0.2, 0.25) is 5.02 Å². The summed E-state index contributed by atoms with van der Waals surface area (Å²) < 4.78 is 14.0. The zero-order valence-electron chi connectivity index (χ0n) is 15.7. The second-order valence-electron chi connectivity index (χ2n) is 9.26. The lowest BCUT2D eigenvalue weighted by molar-refractivity contribution is -0.150. The molecule has 4 bridgehead atoms. The van der Waals surface area contributed by atoms with E-state index in [9.17, 15) is 9.18 Å². The van der Waals surface area contributed by atoms with Crippen LogP contribution in [0.3, 0.4) is 0 Å². The average Bonchev–Trinajstić information content (AvgIpc) is 2.64. The van der Waals surface area contributed by atoms with Crippen LogP contribution in [0.25, 0.3) is 0 Å². The molecule has 4 saturated carbocycles. The van der Waals surface area contributed by atoms with Crippen LogP contribution in [0.5, 0.6) is 0 Å². The van der Waals surface area contributed by atoms with Gasteiger partial charge in [-0.1, -0.05) is 17.7 Å². The molecule has 1 heterocycles. The molecule has 3 nitrogen and oxygen atoms in total. The van der Waals surface area contributed by atoms with Gasteiger partial charge in [-0.15, -0.1) is 0 Å². The third kappa shape index (κ3) is 3.29. The van der Waals surface area contributed by atoms with E-state index < -0.39 is 0 Å². The van der Waals surface area contributed by atoms with Crippen molar-refractivity contribution in [2.45, 2.75) is 38.6 Å². The third-order valence-electron chi connectivity index (χ3n) is 7.64. The molecule has 0 atom stereocenters. The molecule has 6 rings (SSSR count). The molecule has 0 aromatic heterocycles. The van der Waals surface area contributed by atoms with Gasteiger partial charge in [-0.2, -0.15) is 0 Å². The third-order valence-corrected chi connectivity index (χ3v) is 7.99. The second-order valence-corrected chi connectivity index (χ2v) is 9.67. The van der Waals surface area contributed by atoms with Gasteiger partial charge in [0.25, 0.3) is 0 Å². The van der Waals surface area contributed by atoms with Crippen LogP contribution < -0.4 is 0 Å². The molecule has 4 aliphatic carbocycles. The van der Waals surface area contributed by atoms with Gasteiger partial charge in [-0.3, -0.25) is 9.69 Å². The maximum atomic E-state index is 14.0. The van der Waals surface area contributed by atoms with E-state index in [1.807, 2.05) is 0 Å². The van der Waals surface area contributed by atoms with Gasteiger partial charge in [-0.25, -0.2) is 4.39 Å². The van der Waals surface area contributed by atoms with Crippen LogP contribution in [0.15, 0.2) is 18.2 Å². The lowest BCUT2D eigenvalue weighted by atomic mass is 9.51. The molecule has 1 aromatic rings. The van der Waals surface area contributed by atoms with Crippen LogP contribution in [-0.2, 0) is 11.3 Å². The van der Waals surface area contributed by atoms with Gasteiger partial charge in [0.05, 0.1) is 0 Å². The number of amides is 1. The highest BCUT2D eigenvalue weighted by Crippen LogP contribution is 2.56. The standard InChI is InChI=1S/C22H28ClFN2O/c23-19-2-1-3-20(24)18(19)13-25-4-6-26(7-5-25)22(27)21-16-9-14-8-15(11-16)12-17(21)10-14/h1-3,14-17,21H,4-13H2. The van der Waals surface area contributed by atoms with Gasteiger partial charge in [0.1, 0.15) is 5.82 Å². The van der Waals surface area contributed by atoms with Crippen molar-refractivity contribution in [2.24, 2.45) is 29.6 Å². The first-order valence-corrected chi connectivity index (χ1v) is 10.9. The monoisotopic (exact) mass is 390 g/mol. The first-order chi connectivity index (χ1) is 13.1. The van der Waals surface area contributed by atoms with E-state index in [1.54, 1.807) is 12.1 Å². The number of carbonyl (C=O) groups excluding carboxylic acids is 1. The van der Waals surface area contributed by atoms with E-state index in [0.717, 1.165) is 38.0 Å². The average molecular weight is 391 g/mol. The first kappa shape index (κ1) is 17.9. The van der Waals surface area contributed by atoms with Crippen molar-refractivity contribution in [3.63, 3.8) is 0 Å². The maximum Gasteiger partial charge on any atom is 0.226 e. The summed E-state index contributed by atoms with van der Waals surface area (Å²) in [5, 5.41) is 0.488. The summed E-state index contributed by atoms with van der Waals surface area (Å²) in [5.41, 5.74) is 0.569. The van der Waals surface area contributed by atoms with E-state index in [0.29, 0.717) is 34.9 Å². The summed E-state index contributed by atoms with van der Waals surface area (Å²) >= 11 is 6.17. The maximum absolute atomic E-state index is 14.0. The zero-order chi connectivity index (χ0) is 18.5. The van der Waals surface area contributed by atoms with E-state index in [4.69, 9.17) is 11.6 Å². The van der Waals surface area contributed by atoms with Crippen molar-refractivity contribution in [2.75, 3.05) is 26.2 Å². The van der Waals surface area contributed by atoms with E-state index in [1.165, 1.54) is 38.2 Å². The second kappa shape index (κ2) is 7.04. The molecule has 5 fully saturated rings. The number of carbonyl (C=O) groups is 1. The Morgan fingerprint density at radius 1 is 1.00 bits per heavy atom. The predicted molar refractivity (Wildman–Crippen MR) is 104 cm³/mol. The lowest BCUT2D eigenvalue weighted by Crippen LogP contribution is -2.55. The largest absolute Gasteiger partial charge is 0.340 e. The predicted octanol–water partition coefficient (Wildman–Crippen LogP) is 4.20. The van der Waals surface area contributed by atoms with Crippen molar-refractivity contribution >= 4 is 17.5 Å². The molecule has 1 saturated heterocycles. The number of hydrogen-bond donors (Lipinski definition) is 0. The van der Waals surface area contributed by atoms with Gasteiger partial charge in [-0.05, 0) is 67.9 Å². The van der Waals surface area contributed by atoms with Crippen molar-refractivity contribution in [1.29, 1.82) is 0 Å². The summed E-state index contributed by atoms with van der Waals surface area (Å²) in [5.74, 6) is 3.54. The van der Waals surface area contributed by atoms with Crippen LogP contribution in [-0.4, -0.2) is 41.9 Å². The molecular formula is C22H28ClFN2O. The van der Waals surface area contributed by atoms with E-state index >= 15 is 0 Å². The Hall–Kier alpha value is -1.13. The van der Waals surface area contributed by atoms with Crippen LogP contribution in [0.1, 0.15) is 37.7 Å². The molecule has 0 radical (unpaired) electrons. The highest BCUT2D eigenvalue weighted by molar-refractivity contribution is 6.31. The van der Waals surface area contributed by atoms with Gasteiger partial charge < -0.3 is 4.90 Å². The molecular weight excluding hydrogens is 363 g/mol. The molecule has 0 unspecified atom stereocenters. The smallest absolute Gasteiger partial charge is 0.226 e. The molecule has 5 aliphatic rings. The molecule has 0 spiro atoms.